The van der Waals surface area contributed by atoms with Gasteiger partial charge in [-0.25, -0.2) is 4.39 Å². The lowest BCUT2D eigenvalue weighted by molar-refractivity contribution is 0.589. The third-order valence-electron chi connectivity index (χ3n) is 3.09. The quantitative estimate of drug-likeness (QED) is 0.550. The number of benzene rings is 2. The minimum atomic E-state index is -0.148. The maximum atomic E-state index is 14.1. The van der Waals surface area contributed by atoms with Gasteiger partial charge in [-0.3, -0.25) is 0 Å². The fourth-order valence-corrected chi connectivity index (χ4v) is 3.15. The maximum absolute atomic E-state index is 14.1. The van der Waals surface area contributed by atoms with Crippen molar-refractivity contribution in [2.75, 3.05) is 6.54 Å². The highest BCUT2D eigenvalue weighted by Crippen LogP contribution is 2.29. The Kier molecular flexibility index (Phi) is 6.55. The Morgan fingerprint density at radius 1 is 1.14 bits per heavy atom. The minimum absolute atomic E-state index is 0.148. The number of hydrogen-bond donors (Lipinski definition) is 1. The van der Waals surface area contributed by atoms with Gasteiger partial charge < -0.3 is 5.32 Å². The zero-order valence-corrected chi connectivity index (χ0v) is 13.6. The van der Waals surface area contributed by atoms with Gasteiger partial charge in [0.1, 0.15) is 5.82 Å². The molecular weight excluding hydrogens is 305 g/mol. The van der Waals surface area contributed by atoms with Gasteiger partial charge in [0, 0.05) is 22.2 Å². The van der Waals surface area contributed by atoms with Crippen LogP contribution in [0, 0.1) is 5.82 Å². The Morgan fingerprint density at radius 3 is 2.62 bits per heavy atom. The first kappa shape index (κ1) is 16.3. The third kappa shape index (κ3) is 5.03. The molecule has 21 heavy (non-hydrogen) atoms. The molecule has 0 atom stereocenters. The molecule has 0 spiro atoms. The van der Waals surface area contributed by atoms with Gasteiger partial charge in [-0.2, -0.15) is 0 Å². The van der Waals surface area contributed by atoms with E-state index in [-0.39, 0.29) is 5.82 Å². The van der Waals surface area contributed by atoms with Crippen molar-refractivity contribution in [2.24, 2.45) is 0 Å². The summed E-state index contributed by atoms with van der Waals surface area (Å²) in [4.78, 5) is 0.732. The molecule has 1 nitrogen and oxygen atoms in total. The molecule has 0 unspecified atom stereocenters. The van der Waals surface area contributed by atoms with Crippen molar-refractivity contribution in [3.63, 3.8) is 0 Å². The molecule has 0 saturated heterocycles. The van der Waals surface area contributed by atoms with Gasteiger partial charge in [0.05, 0.1) is 0 Å². The number of halogens is 2. The van der Waals surface area contributed by atoms with Crippen molar-refractivity contribution in [1.82, 2.24) is 5.32 Å². The van der Waals surface area contributed by atoms with Crippen LogP contribution in [0.25, 0.3) is 0 Å². The summed E-state index contributed by atoms with van der Waals surface area (Å²) < 4.78 is 14.1. The Balaban J connectivity index is 2.05. The molecule has 0 saturated carbocycles. The predicted molar refractivity (Wildman–Crippen MR) is 89.4 cm³/mol. The van der Waals surface area contributed by atoms with E-state index in [1.165, 1.54) is 17.8 Å². The van der Waals surface area contributed by atoms with Gasteiger partial charge in [-0.15, -0.1) is 11.8 Å². The molecule has 0 heterocycles. The van der Waals surface area contributed by atoms with E-state index in [4.69, 9.17) is 11.6 Å². The standard InChI is InChI=1S/C17H19ClFNS/c1-2-10-20-11-14-4-3-5-16(19)17(14)21-12-13-6-8-15(18)9-7-13/h3-9,20H,2,10-12H2,1H3. The summed E-state index contributed by atoms with van der Waals surface area (Å²) in [5, 5.41) is 4.05. The lowest BCUT2D eigenvalue weighted by Crippen LogP contribution is -2.14. The van der Waals surface area contributed by atoms with Crippen molar-refractivity contribution < 1.29 is 4.39 Å². The van der Waals surface area contributed by atoms with E-state index in [0.29, 0.717) is 6.54 Å². The summed E-state index contributed by atoms with van der Waals surface area (Å²) in [6.07, 6.45) is 1.07. The first-order chi connectivity index (χ1) is 10.2. The van der Waals surface area contributed by atoms with Crippen LogP contribution >= 0.6 is 23.4 Å². The van der Waals surface area contributed by atoms with E-state index < -0.39 is 0 Å². The summed E-state index contributed by atoms with van der Waals surface area (Å²) in [5.41, 5.74) is 2.16. The highest BCUT2D eigenvalue weighted by Gasteiger charge is 2.09. The van der Waals surface area contributed by atoms with Gasteiger partial charge >= 0.3 is 0 Å². The first-order valence-electron chi connectivity index (χ1n) is 7.06. The summed E-state index contributed by atoms with van der Waals surface area (Å²) in [6.45, 7) is 3.77. The Bertz CT molecular complexity index is 572. The van der Waals surface area contributed by atoms with E-state index in [9.17, 15) is 4.39 Å². The molecule has 0 bridgehead atoms. The smallest absolute Gasteiger partial charge is 0.137 e. The fourth-order valence-electron chi connectivity index (χ4n) is 1.99. The van der Waals surface area contributed by atoms with E-state index in [0.717, 1.165) is 39.8 Å². The van der Waals surface area contributed by atoms with Gasteiger partial charge in [-0.05, 0) is 42.3 Å². The van der Waals surface area contributed by atoms with Crippen LogP contribution in [-0.4, -0.2) is 6.54 Å². The summed E-state index contributed by atoms with van der Waals surface area (Å²) >= 11 is 7.41. The molecule has 4 heteroatoms. The topological polar surface area (TPSA) is 12.0 Å². The molecule has 2 aromatic rings. The molecule has 0 amide bonds. The van der Waals surface area contributed by atoms with Crippen LogP contribution in [0.1, 0.15) is 24.5 Å². The summed E-state index contributed by atoms with van der Waals surface area (Å²) in [6, 6.07) is 13.0. The van der Waals surface area contributed by atoms with Crippen molar-refractivity contribution >= 4 is 23.4 Å². The molecule has 0 fully saturated rings. The molecular formula is C17H19ClFNS. The largest absolute Gasteiger partial charge is 0.313 e. The highest BCUT2D eigenvalue weighted by molar-refractivity contribution is 7.98. The Labute approximate surface area is 134 Å². The zero-order valence-electron chi connectivity index (χ0n) is 12.0. The molecule has 112 valence electrons. The van der Waals surface area contributed by atoms with E-state index in [1.54, 1.807) is 6.07 Å². The van der Waals surface area contributed by atoms with Crippen molar-refractivity contribution in [1.29, 1.82) is 0 Å². The van der Waals surface area contributed by atoms with Crippen molar-refractivity contribution in [2.45, 2.75) is 30.5 Å². The van der Waals surface area contributed by atoms with Gasteiger partial charge in [-0.1, -0.05) is 42.8 Å². The second-order valence-electron chi connectivity index (χ2n) is 4.82. The predicted octanol–water partition coefficient (Wildman–Crippen LogP) is 5.27. The average Bonchev–Trinajstić information content (AvgIpc) is 2.48. The van der Waals surface area contributed by atoms with Crippen LogP contribution in [0.5, 0.6) is 0 Å². The molecule has 0 aliphatic heterocycles. The number of hydrogen-bond acceptors (Lipinski definition) is 2. The highest BCUT2D eigenvalue weighted by atomic mass is 35.5. The second kappa shape index (κ2) is 8.42. The summed E-state index contributed by atoms with van der Waals surface area (Å²) in [7, 11) is 0. The molecule has 0 radical (unpaired) electrons. The SMILES string of the molecule is CCCNCc1cccc(F)c1SCc1ccc(Cl)cc1. The average molecular weight is 324 g/mol. The normalized spacial score (nSPS) is 10.8. The number of nitrogens with one attached hydrogen (secondary N) is 1. The van der Waals surface area contributed by atoms with Crippen LogP contribution in [0.2, 0.25) is 5.02 Å². The van der Waals surface area contributed by atoms with Crippen LogP contribution in [0.3, 0.4) is 0 Å². The monoisotopic (exact) mass is 323 g/mol. The first-order valence-corrected chi connectivity index (χ1v) is 8.42. The lowest BCUT2D eigenvalue weighted by atomic mass is 10.2. The Morgan fingerprint density at radius 2 is 1.90 bits per heavy atom. The van der Waals surface area contributed by atoms with Crippen LogP contribution in [0.15, 0.2) is 47.4 Å². The number of thioether (sulfide) groups is 1. The van der Waals surface area contributed by atoms with Gasteiger partial charge in [0.25, 0.3) is 0 Å². The molecule has 0 aliphatic carbocycles. The van der Waals surface area contributed by atoms with Crippen LogP contribution < -0.4 is 5.32 Å². The number of rotatable bonds is 7. The minimum Gasteiger partial charge on any atom is -0.313 e. The van der Waals surface area contributed by atoms with E-state index in [1.807, 2.05) is 30.3 Å². The van der Waals surface area contributed by atoms with E-state index >= 15 is 0 Å². The molecule has 2 aromatic carbocycles. The zero-order chi connectivity index (χ0) is 15.1. The Hall–Kier alpha value is -1.03. The third-order valence-corrected chi connectivity index (χ3v) is 4.56. The molecule has 1 N–H and O–H groups in total. The fraction of sp³-hybridized carbons (Fsp3) is 0.294. The van der Waals surface area contributed by atoms with Crippen molar-refractivity contribution in [3.05, 3.63) is 64.4 Å². The maximum Gasteiger partial charge on any atom is 0.137 e. The molecule has 2 rings (SSSR count). The van der Waals surface area contributed by atoms with E-state index in [2.05, 4.69) is 12.2 Å². The summed E-state index contributed by atoms with van der Waals surface area (Å²) in [5.74, 6) is 0.587. The van der Waals surface area contributed by atoms with Gasteiger partial charge in [0.2, 0.25) is 0 Å². The van der Waals surface area contributed by atoms with Crippen LogP contribution in [0.4, 0.5) is 4.39 Å². The van der Waals surface area contributed by atoms with Crippen LogP contribution in [-0.2, 0) is 12.3 Å². The van der Waals surface area contributed by atoms with Crippen molar-refractivity contribution in [3.8, 4) is 0 Å². The molecule has 0 aliphatic rings. The lowest BCUT2D eigenvalue weighted by Gasteiger charge is -2.11. The molecule has 0 aromatic heterocycles. The van der Waals surface area contributed by atoms with Gasteiger partial charge in [0.15, 0.2) is 0 Å². The second-order valence-corrected chi connectivity index (χ2v) is 6.24.